The number of pyridine rings is 1. The number of nitrogens with zero attached hydrogens (tertiary/aromatic N) is 4. The average Bonchev–Trinajstić information content (AvgIpc) is 3.94. The van der Waals surface area contributed by atoms with Gasteiger partial charge < -0.3 is 29.8 Å². The summed E-state index contributed by atoms with van der Waals surface area (Å²) in [5.74, 6) is -0.335. The molecule has 5 heterocycles. The van der Waals surface area contributed by atoms with Crippen LogP contribution in [0.2, 0.25) is 0 Å². The molecule has 17 heteroatoms. The zero-order valence-corrected chi connectivity index (χ0v) is 38.9. The van der Waals surface area contributed by atoms with Crippen LogP contribution in [0.4, 0.5) is 21.5 Å². The number of aromatic amines is 1. The molecule has 67 heavy (non-hydrogen) atoms. The fraction of sp³-hybridized carbons (Fsp3) is 0.480. The predicted octanol–water partition coefficient (Wildman–Crippen LogP) is 9.00. The van der Waals surface area contributed by atoms with Gasteiger partial charge >= 0.3 is 0 Å². The number of ether oxygens (including phenoxy) is 2. The molecular weight excluding hydrogens is 878 g/mol. The van der Waals surface area contributed by atoms with Crippen molar-refractivity contribution >= 4 is 44.0 Å². The number of anilines is 2. The number of sulfonamides is 1. The number of carbonyl (C=O) groups is 1. The highest BCUT2D eigenvalue weighted by molar-refractivity contribution is 7.90. The van der Waals surface area contributed by atoms with Gasteiger partial charge in [-0.2, -0.15) is 0 Å². The molecule has 10 rings (SSSR count). The molecule has 15 nitrogen and oxygen atoms in total. The van der Waals surface area contributed by atoms with Crippen molar-refractivity contribution in [1.29, 1.82) is 0 Å². The summed E-state index contributed by atoms with van der Waals surface area (Å²) < 4.78 is 56.9. The maximum Gasteiger partial charge on any atom is 0.297 e. The SMILES string of the molecule is CC(C)c1ccccc1[C@H]1CCC[C@H]1N1CC2(CCN(c3ccc(C(=O)NS(=O)(=O)c4cc5c(c([N+](=O)[O-])c4)N[C@@H]([C@H]4CC[C@](C)(O)CC4)CO5)c(Oc4cnc5[nH]cc(F)c5c4)c3)CC2)C1. The molecule has 3 aliphatic heterocycles. The van der Waals surface area contributed by atoms with Gasteiger partial charge in [0.1, 0.15) is 29.6 Å². The largest absolute Gasteiger partial charge is 0.489 e. The number of piperidine rings is 1. The Labute approximate surface area is 389 Å². The fourth-order valence-corrected chi connectivity index (χ4v) is 12.5. The van der Waals surface area contributed by atoms with E-state index in [2.05, 4.69) is 67.9 Å². The smallest absolute Gasteiger partial charge is 0.297 e. The van der Waals surface area contributed by atoms with Crippen LogP contribution in [0.25, 0.3) is 11.0 Å². The second-order valence-electron chi connectivity index (χ2n) is 20.2. The second-order valence-corrected chi connectivity index (χ2v) is 21.9. The van der Waals surface area contributed by atoms with Gasteiger partial charge in [-0.1, -0.05) is 44.5 Å². The molecule has 1 amide bonds. The van der Waals surface area contributed by atoms with Crippen LogP contribution in [0.3, 0.4) is 0 Å². The first-order chi connectivity index (χ1) is 32.1. The monoisotopic (exact) mass is 935 g/mol. The fourth-order valence-electron chi connectivity index (χ4n) is 11.5. The minimum atomic E-state index is -4.71. The molecule has 2 saturated carbocycles. The Kier molecular flexibility index (Phi) is 11.7. The Morgan fingerprint density at radius 3 is 2.55 bits per heavy atom. The Morgan fingerprint density at radius 1 is 1.04 bits per heavy atom. The lowest BCUT2D eigenvalue weighted by Crippen LogP contribution is -2.63. The molecule has 354 valence electrons. The van der Waals surface area contributed by atoms with E-state index in [9.17, 15) is 32.8 Å². The van der Waals surface area contributed by atoms with E-state index in [-0.39, 0.29) is 57.9 Å². The van der Waals surface area contributed by atoms with E-state index >= 15 is 0 Å². The number of H-pyrrole nitrogens is 1. The van der Waals surface area contributed by atoms with E-state index in [1.165, 1.54) is 61.0 Å². The number of likely N-dealkylation sites (tertiary alicyclic amines) is 1. The topological polar surface area (TPSA) is 192 Å². The first kappa shape index (κ1) is 45.0. The predicted molar refractivity (Wildman–Crippen MR) is 252 cm³/mol. The van der Waals surface area contributed by atoms with Crippen LogP contribution in [-0.2, 0) is 10.0 Å². The average molecular weight is 936 g/mol. The number of carbonyl (C=O) groups excluding carboxylic acids is 1. The number of hydrogen-bond acceptors (Lipinski definition) is 12. The third-order valence-electron chi connectivity index (χ3n) is 15.3. The van der Waals surface area contributed by atoms with Gasteiger partial charge in [-0.3, -0.25) is 19.8 Å². The van der Waals surface area contributed by atoms with Crippen molar-refractivity contribution < 1.29 is 37.1 Å². The van der Waals surface area contributed by atoms with Crippen LogP contribution in [0.15, 0.2) is 78.0 Å². The summed E-state index contributed by atoms with van der Waals surface area (Å²) >= 11 is 0. The van der Waals surface area contributed by atoms with Crippen molar-refractivity contribution in [1.82, 2.24) is 19.6 Å². The van der Waals surface area contributed by atoms with Crippen LogP contribution in [0.5, 0.6) is 17.2 Å². The lowest BCUT2D eigenvalue weighted by atomic mass is 9.70. The van der Waals surface area contributed by atoms with Crippen LogP contribution < -0.4 is 24.4 Å². The lowest BCUT2D eigenvalue weighted by Gasteiger charge is -2.57. The van der Waals surface area contributed by atoms with E-state index in [1.807, 2.05) is 0 Å². The van der Waals surface area contributed by atoms with Crippen molar-refractivity contribution in [2.75, 3.05) is 43.0 Å². The van der Waals surface area contributed by atoms with Crippen LogP contribution in [-0.4, -0.2) is 89.7 Å². The molecule has 0 bridgehead atoms. The van der Waals surface area contributed by atoms with Gasteiger partial charge in [0.05, 0.1) is 38.6 Å². The van der Waals surface area contributed by atoms with Gasteiger partial charge in [-0.25, -0.2) is 22.5 Å². The number of fused-ring (bicyclic) bond motifs is 2. The minimum Gasteiger partial charge on any atom is -0.489 e. The third kappa shape index (κ3) is 8.81. The molecule has 4 fully saturated rings. The molecule has 4 N–H and O–H groups in total. The Morgan fingerprint density at radius 2 is 1.81 bits per heavy atom. The summed E-state index contributed by atoms with van der Waals surface area (Å²) in [5.41, 5.74) is 2.92. The first-order valence-electron chi connectivity index (χ1n) is 23.6. The second kappa shape index (κ2) is 17.4. The molecule has 5 aliphatic rings. The maximum absolute atomic E-state index is 14.7. The number of nitro benzene ring substituents is 1. The number of halogens is 1. The van der Waals surface area contributed by atoms with Crippen molar-refractivity contribution in [2.24, 2.45) is 11.3 Å². The molecular formula is C50H58FN7O8S. The highest BCUT2D eigenvalue weighted by Crippen LogP contribution is 2.49. The van der Waals surface area contributed by atoms with Gasteiger partial charge in [-0.05, 0) is 111 Å². The summed E-state index contributed by atoms with van der Waals surface area (Å²) in [5, 5.41) is 26.2. The van der Waals surface area contributed by atoms with Gasteiger partial charge in [-0.15, -0.1) is 0 Å². The molecule has 5 aromatic rings. The number of nitrogens with one attached hydrogen (secondary N) is 3. The molecule has 2 saturated heterocycles. The van der Waals surface area contributed by atoms with E-state index in [0.29, 0.717) is 49.2 Å². The Hall–Kier alpha value is -5.78. The van der Waals surface area contributed by atoms with Crippen molar-refractivity contribution in [3.63, 3.8) is 0 Å². The summed E-state index contributed by atoms with van der Waals surface area (Å²) in [7, 11) is -4.71. The summed E-state index contributed by atoms with van der Waals surface area (Å²) in [4.78, 5) is 37.2. The van der Waals surface area contributed by atoms with Gasteiger partial charge in [0, 0.05) is 62.3 Å². The number of hydrogen-bond donors (Lipinski definition) is 4. The molecule has 3 aromatic carbocycles. The van der Waals surface area contributed by atoms with Crippen molar-refractivity contribution in [3.05, 3.63) is 106 Å². The first-order valence-corrected chi connectivity index (χ1v) is 25.1. The van der Waals surface area contributed by atoms with E-state index < -0.39 is 42.9 Å². The summed E-state index contributed by atoms with van der Waals surface area (Å²) in [6, 6.07) is 17.7. The van der Waals surface area contributed by atoms with Crippen LogP contribution in [0.1, 0.15) is 112 Å². The van der Waals surface area contributed by atoms with Gasteiger partial charge in [0.15, 0.2) is 11.4 Å². The number of aliphatic hydroxyl groups is 1. The van der Waals surface area contributed by atoms with Crippen molar-refractivity contribution in [2.45, 2.75) is 113 Å². The summed E-state index contributed by atoms with van der Waals surface area (Å²) in [6.45, 7) is 10.2. The van der Waals surface area contributed by atoms with Crippen LogP contribution in [0, 0.1) is 27.3 Å². The zero-order chi connectivity index (χ0) is 46.8. The molecule has 2 aromatic heterocycles. The molecule has 3 atom stereocenters. The minimum absolute atomic E-state index is 0.0191. The van der Waals surface area contributed by atoms with E-state index in [4.69, 9.17) is 9.47 Å². The van der Waals surface area contributed by atoms with Gasteiger partial charge in [0.2, 0.25) is 0 Å². The molecule has 1 spiro atoms. The number of aromatic nitrogens is 2. The maximum atomic E-state index is 14.7. The lowest BCUT2D eigenvalue weighted by molar-refractivity contribution is -0.384. The quantitative estimate of drug-likeness (QED) is 0.0727. The standard InChI is InChI=1S/C50H58FN7O8S/c1-30(2)35-7-4-5-8-36(35)37-9-6-10-42(37)57-28-50(29-57)17-19-56(20-18-50)32-11-12-38(44(21-32)66-33-22-39-40(51)26-53-47(39)52-25-33)48(59)55-67(63,64)34-23-43(58(61)62)46-45(24-34)65-27-41(54-46)31-13-15-49(3,60)16-14-31/h4-5,7-8,11-12,21-26,30-31,37,41-42,54,60H,6,9-10,13-20,27-29H2,1-3H3,(H,52,53)(H,55,59)/t31-,37-,41-,42-,49-/m1/s1. The highest BCUT2D eigenvalue weighted by Gasteiger charge is 2.49. The highest BCUT2D eigenvalue weighted by atomic mass is 32.2. The van der Waals surface area contributed by atoms with E-state index in [1.54, 1.807) is 19.1 Å². The van der Waals surface area contributed by atoms with Crippen LogP contribution >= 0.6 is 0 Å². The van der Waals surface area contributed by atoms with E-state index in [0.717, 1.165) is 50.8 Å². The third-order valence-corrected chi connectivity index (χ3v) is 16.6. The zero-order valence-electron chi connectivity index (χ0n) is 38.1. The Bertz CT molecular complexity index is 2830. The summed E-state index contributed by atoms with van der Waals surface area (Å²) in [6.07, 6.45) is 10.8. The molecule has 2 aliphatic carbocycles. The normalized spacial score (nSPS) is 25.0. The number of amides is 1. The van der Waals surface area contributed by atoms with Gasteiger partial charge in [0.25, 0.3) is 21.6 Å². The Balaban J connectivity index is 0.863. The molecule has 0 unspecified atom stereocenters. The number of benzene rings is 3. The van der Waals surface area contributed by atoms with Crippen molar-refractivity contribution in [3.8, 4) is 17.2 Å². The number of nitro groups is 1. The number of rotatable bonds is 11. The molecule has 0 radical (unpaired) electrons.